The zero-order chi connectivity index (χ0) is 22.2. The number of thiazole rings is 1. The van der Waals surface area contributed by atoms with Crippen LogP contribution in [0.1, 0.15) is 37.6 Å². The van der Waals surface area contributed by atoms with E-state index >= 15 is 0 Å². The first-order chi connectivity index (χ1) is 14.7. The van der Waals surface area contributed by atoms with Crippen LogP contribution in [0.2, 0.25) is 0 Å². The summed E-state index contributed by atoms with van der Waals surface area (Å²) in [5.41, 5.74) is 2.03. The molecule has 3 heterocycles. The Balaban J connectivity index is 1.54. The number of hydrogen-bond donors (Lipinski definition) is 0. The number of carbonyl (C=O) groups is 1. The zero-order valence-electron chi connectivity index (χ0n) is 18.0. The van der Waals surface area contributed by atoms with E-state index in [2.05, 4.69) is 20.3 Å². The Kier molecular flexibility index (Phi) is 5.48. The van der Waals surface area contributed by atoms with Gasteiger partial charge in [-0.2, -0.15) is 5.10 Å². The van der Waals surface area contributed by atoms with Crippen molar-refractivity contribution >= 4 is 27.5 Å². The molecule has 0 aliphatic heterocycles. The molecule has 0 bridgehead atoms. The molecule has 3 aromatic heterocycles. The minimum absolute atomic E-state index is 0.0641. The van der Waals surface area contributed by atoms with E-state index in [-0.39, 0.29) is 12.3 Å². The van der Waals surface area contributed by atoms with Crippen molar-refractivity contribution in [3.63, 3.8) is 0 Å². The summed E-state index contributed by atoms with van der Waals surface area (Å²) in [6.45, 7) is 5.43. The van der Waals surface area contributed by atoms with Crippen LogP contribution >= 0.6 is 11.3 Å². The van der Waals surface area contributed by atoms with Crippen molar-refractivity contribution in [2.75, 3.05) is 7.11 Å². The Bertz CT molecular complexity index is 1230. The summed E-state index contributed by atoms with van der Waals surface area (Å²) < 4.78 is 19.2. The summed E-state index contributed by atoms with van der Waals surface area (Å²) in [6, 6.07) is 5.93. The normalized spacial score (nSPS) is 11.8. The molecule has 0 saturated carbocycles. The fraction of sp³-hybridized carbons (Fsp3) is 0.381. The second-order valence-corrected chi connectivity index (χ2v) is 9.15. The summed E-state index contributed by atoms with van der Waals surface area (Å²) in [7, 11) is 3.50. The molecule has 10 heteroatoms. The van der Waals surface area contributed by atoms with E-state index in [4.69, 9.17) is 13.9 Å². The molecule has 0 amide bonds. The van der Waals surface area contributed by atoms with Crippen LogP contribution in [0.5, 0.6) is 5.75 Å². The van der Waals surface area contributed by atoms with Crippen molar-refractivity contribution in [3.05, 3.63) is 41.2 Å². The highest BCUT2D eigenvalue weighted by Gasteiger charge is 2.20. The average molecular weight is 442 g/mol. The number of carbonyl (C=O) groups excluding carboxylic acids is 1. The topological polar surface area (TPSA) is 105 Å². The van der Waals surface area contributed by atoms with Crippen LogP contribution in [-0.2, 0) is 29.4 Å². The number of benzene rings is 1. The molecule has 4 rings (SSSR count). The molecule has 31 heavy (non-hydrogen) atoms. The molecule has 1 aromatic carbocycles. The van der Waals surface area contributed by atoms with Gasteiger partial charge >= 0.3 is 5.97 Å². The standard InChI is InChI=1S/C21H23N5O4S/c1-21(2,3)30-19(27)11-17-24-23-16(29-17)10-18-22-20-14(28-5)8-12(9-15(20)31-18)13-6-7-26(4)25-13/h6-9H,10-11H2,1-5H3. The van der Waals surface area contributed by atoms with Crippen LogP contribution in [0.4, 0.5) is 0 Å². The van der Waals surface area contributed by atoms with Crippen LogP contribution in [-0.4, -0.2) is 43.6 Å². The first-order valence-electron chi connectivity index (χ1n) is 9.71. The summed E-state index contributed by atoms with van der Waals surface area (Å²) in [4.78, 5) is 16.6. The largest absolute Gasteiger partial charge is 0.494 e. The molecule has 0 atom stereocenters. The maximum absolute atomic E-state index is 12.0. The fourth-order valence-electron chi connectivity index (χ4n) is 3.05. The molecule has 0 spiro atoms. The molecule has 162 valence electrons. The molecule has 0 radical (unpaired) electrons. The second kappa shape index (κ2) is 8.10. The van der Waals surface area contributed by atoms with Gasteiger partial charge in [-0.1, -0.05) is 0 Å². The van der Waals surface area contributed by atoms with E-state index in [1.54, 1.807) is 11.8 Å². The van der Waals surface area contributed by atoms with Crippen LogP contribution < -0.4 is 4.74 Å². The van der Waals surface area contributed by atoms with Gasteiger partial charge in [0.2, 0.25) is 11.8 Å². The fourth-order valence-corrected chi connectivity index (χ4v) is 4.07. The highest BCUT2D eigenvalue weighted by molar-refractivity contribution is 7.18. The van der Waals surface area contributed by atoms with Crippen LogP contribution in [0.25, 0.3) is 21.5 Å². The highest BCUT2D eigenvalue weighted by Crippen LogP contribution is 2.35. The van der Waals surface area contributed by atoms with Gasteiger partial charge in [-0.05, 0) is 39.0 Å². The molecule has 4 aromatic rings. The van der Waals surface area contributed by atoms with Gasteiger partial charge in [0.25, 0.3) is 0 Å². The smallest absolute Gasteiger partial charge is 0.315 e. The Morgan fingerprint density at radius 2 is 2.00 bits per heavy atom. The molecule has 0 fully saturated rings. The summed E-state index contributed by atoms with van der Waals surface area (Å²) >= 11 is 1.52. The first-order valence-corrected chi connectivity index (χ1v) is 10.5. The number of aryl methyl sites for hydroxylation is 1. The van der Waals surface area contributed by atoms with Crippen molar-refractivity contribution in [1.82, 2.24) is 25.0 Å². The van der Waals surface area contributed by atoms with Crippen molar-refractivity contribution in [2.45, 2.75) is 39.2 Å². The van der Waals surface area contributed by atoms with E-state index in [0.717, 1.165) is 26.5 Å². The van der Waals surface area contributed by atoms with Gasteiger partial charge in [-0.3, -0.25) is 9.48 Å². The molecule has 9 nitrogen and oxygen atoms in total. The monoisotopic (exact) mass is 441 g/mol. The van der Waals surface area contributed by atoms with Gasteiger partial charge in [0, 0.05) is 18.8 Å². The lowest BCUT2D eigenvalue weighted by Gasteiger charge is -2.18. The van der Waals surface area contributed by atoms with Crippen molar-refractivity contribution in [2.24, 2.45) is 7.05 Å². The van der Waals surface area contributed by atoms with Gasteiger partial charge in [-0.25, -0.2) is 4.98 Å². The first kappa shape index (κ1) is 21.0. The number of nitrogens with zero attached hydrogens (tertiary/aromatic N) is 5. The number of ether oxygens (including phenoxy) is 2. The van der Waals surface area contributed by atoms with Gasteiger partial charge in [0.15, 0.2) is 0 Å². The lowest BCUT2D eigenvalue weighted by atomic mass is 10.1. The van der Waals surface area contributed by atoms with E-state index in [1.165, 1.54) is 11.3 Å². The highest BCUT2D eigenvalue weighted by atomic mass is 32.1. The number of methoxy groups -OCH3 is 1. The molecule has 0 saturated heterocycles. The molecule has 0 unspecified atom stereocenters. The van der Waals surface area contributed by atoms with Crippen LogP contribution in [0, 0.1) is 0 Å². The van der Waals surface area contributed by atoms with E-state index in [1.807, 2.05) is 52.2 Å². The van der Waals surface area contributed by atoms with Crippen LogP contribution in [0.3, 0.4) is 0 Å². The van der Waals surface area contributed by atoms with E-state index in [9.17, 15) is 4.79 Å². The number of hydrogen-bond acceptors (Lipinski definition) is 9. The maximum Gasteiger partial charge on any atom is 0.315 e. The molecule has 0 aliphatic carbocycles. The van der Waals surface area contributed by atoms with Crippen LogP contribution in [0.15, 0.2) is 28.8 Å². The third-order valence-corrected chi connectivity index (χ3v) is 5.26. The molecular formula is C21H23N5O4S. The van der Waals surface area contributed by atoms with Crippen molar-refractivity contribution in [3.8, 4) is 17.0 Å². The quantitative estimate of drug-likeness (QED) is 0.418. The number of aromatic nitrogens is 5. The number of esters is 1. The van der Waals surface area contributed by atoms with Crippen molar-refractivity contribution < 1.29 is 18.7 Å². The van der Waals surface area contributed by atoms with Gasteiger partial charge in [0.05, 0.1) is 23.9 Å². The lowest BCUT2D eigenvalue weighted by Crippen LogP contribution is -2.24. The predicted molar refractivity (Wildman–Crippen MR) is 115 cm³/mol. The lowest BCUT2D eigenvalue weighted by molar-refractivity contribution is -0.154. The Morgan fingerprint density at radius 3 is 2.68 bits per heavy atom. The summed E-state index contributed by atoms with van der Waals surface area (Å²) in [5.74, 6) is 0.883. The number of rotatable bonds is 6. The minimum Gasteiger partial charge on any atom is -0.494 e. The SMILES string of the molecule is COc1cc(-c2ccn(C)n2)cc2sc(Cc3nnc(CC(=O)OC(C)(C)C)o3)nc12. The summed E-state index contributed by atoms with van der Waals surface area (Å²) in [5, 5.41) is 13.3. The third-order valence-electron chi connectivity index (χ3n) is 4.26. The molecule has 0 N–H and O–H groups in total. The van der Waals surface area contributed by atoms with Gasteiger partial charge < -0.3 is 13.9 Å². The molecule has 0 aliphatic rings. The van der Waals surface area contributed by atoms with Gasteiger partial charge in [0.1, 0.15) is 28.3 Å². The Labute approximate surface area is 183 Å². The average Bonchev–Trinajstić information content (AvgIpc) is 3.39. The van der Waals surface area contributed by atoms with E-state index < -0.39 is 11.6 Å². The summed E-state index contributed by atoms with van der Waals surface area (Å²) in [6.07, 6.45) is 2.20. The maximum atomic E-state index is 12.0. The number of fused-ring (bicyclic) bond motifs is 1. The minimum atomic E-state index is -0.561. The van der Waals surface area contributed by atoms with E-state index in [0.29, 0.717) is 18.1 Å². The zero-order valence-corrected chi connectivity index (χ0v) is 18.8. The Morgan fingerprint density at radius 1 is 1.23 bits per heavy atom. The molecular weight excluding hydrogens is 418 g/mol. The van der Waals surface area contributed by atoms with Gasteiger partial charge in [-0.15, -0.1) is 21.5 Å². The van der Waals surface area contributed by atoms with Crippen molar-refractivity contribution in [1.29, 1.82) is 0 Å². The second-order valence-electron chi connectivity index (χ2n) is 8.04. The third kappa shape index (κ3) is 4.91. The predicted octanol–water partition coefficient (Wildman–Crippen LogP) is 3.56. The Hall–Kier alpha value is -3.27.